The SMILES string of the molecule is CC[C@H](N)SC. The highest BCUT2D eigenvalue weighted by Gasteiger charge is 1.89. The van der Waals surface area contributed by atoms with Gasteiger partial charge in [0.05, 0.1) is 5.37 Å². The van der Waals surface area contributed by atoms with Crippen LogP contribution in [0.2, 0.25) is 0 Å². The first-order chi connectivity index (χ1) is 2.81. The zero-order valence-corrected chi connectivity index (χ0v) is 5.09. The van der Waals surface area contributed by atoms with Gasteiger partial charge in [-0.1, -0.05) is 6.92 Å². The number of nitrogens with two attached hydrogens (primary N) is 1. The Morgan fingerprint density at radius 2 is 2.33 bits per heavy atom. The first-order valence-electron chi connectivity index (χ1n) is 2.09. The number of hydrogen-bond donors (Lipinski definition) is 1. The summed E-state index contributed by atoms with van der Waals surface area (Å²) in [7, 11) is 0. The lowest BCUT2D eigenvalue weighted by molar-refractivity contribution is 0.871. The fourth-order valence-electron chi connectivity index (χ4n) is 0.167. The van der Waals surface area contributed by atoms with Crippen molar-refractivity contribution >= 4 is 11.8 Å². The van der Waals surface area contributed by atoms with E-state index < -0.39 is 0 Å². The number of rotatable bonds is 2. The van der Waals surface area contributed by atoms with Crippen LogP contribution >= 0.6 is 11.8 Å². The maximum absolute atomic E-state index is 5.44. The standard InChI is InChI=1S/C4H11NS/c1-3-4(5)6-2/h4H,3,5H2,1-2H3/t4-/m1/s1. The minimum atomic E-state index is 0.352. The first kappa shape index (κ1) is 6.31. The smallest absolute Gasteiger partial charge is 0.0501 e. The van der Waals surface area contributed by atoms with Crippen LogP contribution in [0.25, 0.3) is 0 Å². The van der Waals surface area contributed by atoms with E-state index in [-0.39, 0.29) is 0 Å². The third kappa shape index (κ3) is 2.54. The van der Waals surface area contributed by atoms with Gasteiger partial charge in [0.2, 0.25) is 0 Å². The monoisotopic (exact) mass is 105 g/mol. The predicted octanol–water partition coefficient (Wildman–Crippen LogP) is 1.04. The molecule has 38 valence electrons. The van der Waals surface area contributed by atoms with Crippen LogP contribution in [0.5, 0.6) is 0 Å². The van der Waals surface area contributed by atoms with Crippen LogP contribution in [0.15, 0.2) is 0 Å². The predicted molar refractivity (Wildman–Crippen MR) is 31.8 cm³/mol. The Morgan fingerprint density at radius 3 is 2.33 bits per heavy atom. The average Bonchev–Trinajstić information content (AvgIpc) is 1.65. The topological polar surface area (TPSA) is 26.0 Å². The van der Waals surface area contributed by atoms with Crippen molar-refractivity contribution in [3.8, 4) is 0 Å². The van der Waals surface area contributed by atoms with Gasteiger partial charge in [0.1, 0.15) is 0 Å². The maximum atomic E-state index is 5.44. The second-order valence-electron chi connectivity index (χ2n) is 1.18. The van der Waals surface area contributed by atoms with Crippen molar-refractivity contribution in [2.75, 3.05) is 6.26 Å². The fraction of sp³-hybridized carbons (Fsp3) is 1.00. The van der Waals surface area contributed by atoms with Crippen LogP contribution in [0.1, 0.15) is 13.3 Å². The fourth-order valence-corrected chi connectivity index (χ4v) is 0.500. The third-order valence-electron chi connectivity index (χ3n) is 0.705. The largest absolute Gasteiger partial charge is 0.319 e. The van der Waals surface area contributed by atoms with Crippen LogP contribution in [0.4, 0.5) is 0 Å². The Hall–Kier alpha value is 0.310. The number of thioether (sulfide) groups is 1. The van der Waals surface area contributed by atoms with Crippen molar-refractivity contribution in [3.05, 3.63) is 0 Å². The summed E-state index contributed by atoms with van der Waals surface area (Å²) in [6, 6.07) is 0. The molecule has 0 fully saturated rings. The molecule has 0 aromatic heterocycles. The Labute approximate surface area is 43.3 Å². The van der Waals surface area contributed by atoms with Gasteiger partial charge in [0.25, 0.3) is 0 Å². The molecule has 0 rings (SSSR count). The lowest BCUT2D eigenvalue weighted by Gasteiger charge is -1.99. The van der Waals surface area contributed by atoms with Crippen molar-refractivity contribution in [2.45, 2.75) is 18.7 Å². The molecular weight excluding hydrogens is 94.1 g/mol. The van der Waals surface area contributed by atoms with Crippen LogP contribution in [-0.2, 0) is 0 Å². The first-order valence-corrected chi connectivity index (χ1v) is 3.38. The summed E-state index contributed by atoms with van der Waals surface area (Å²) < 4.78 is 0. The van der Waals surface area contributed by atoms with E-state index in [0.717, 1.165) is 6.42 Å². The molecule has 0 aliphatic carbocycles. The van der Waals surface area contributed by atoms with E-state index in [1.54, 1.807) is 11.8 Å². The summed E-state index contributed by atoms with van der Waals surface area (Å²) in [5.41, 5.74) is 5.44. The van der Waals surface area contributed by atoms with E-state index in [1.807, 2.05) is 6.26 Å². The summed E-state index contributed by atoms with van der Waals surface area (Å²) >= 11 is 1.70. The third-order valence-corrected chi connectivity index (χ3v) is 1.64. The van der Waals surface area contributed by atoms with Crippen LogP contribution in [0, 0.1) is 0 Å². The van der Waals surface area contributed by atoms with Crippen LogP contribution < -0.4 is 5.73 Å². The lowest BCUT2D eigenvalue weighted by Crippen LogP contribution is -2.11. The minimum Gasteiger partial charge on any atom is -0.319 e. The van der Waals surface area contributed by atoms with E-state index in [9.17, 15) is 0 Å². The second-order valence-corrected chi connectivity index (χ2v) is 2.26. The molecule has 0 heterocycles. The van der Waals surface area contributed by atoms with Gasteiger partial charge < -0.3 is 5.73 Å². The average molecular weight is 105 g/mol. The maximum Gasteiger partial charge on any atom is 0.0501 e. The molecule has 0 spiro atoms. The molecular formula is C4H11NS. The molecule has 1 atom stereocenters. The number of hydrogen-bond acceptors (Lipinski definition) is 2. The molecule has 0 aromatic carbocycles. The molecule has 2 N–H and O–H groups in total. The molecule has 0 amide bonds. The quantitative estimate of drug-likeness (QED) is 0.531. The van der Waals surface area contributed by atoms with E-state index in [0.29, 0.717) is 5.37 Å². The lowest BCUT2D eigenvalue weighted by atomic mass is 10.5. The Balaban J connectivity index is 2.75. The minimum absolute atomic E-state index is 0.352. The molecule has 0 saturated heterocycles. The Kier molecular flexibility index (Phi) is 3.68. The molecule has 2 heteroatoms. The second kappa shape index (κ2) is 3.50. The van der Waals surface area contributed by atoms with Gasteiger partial charge in [-0.05, 0) is 12.7 Å². The molecule has 0 saturated carbocycles. The van der Waals surface area contributed by atoms with Gasteiger partial charge >= 0.3 is 0 Å². The van der Waals surface area contributed by atoms with Crippen molar-refractivity contribution in [1.29, 1.82) is 0 Å². The van der Waals surface area contributed by atoms with Crippen molar-refractivity contribution < 1.29 is 0 Å². The highest BCUT2D eigenvalue weighted by Crippen LogP contribution is 2.00. The molecule has 0 aromatic rings. The van der Waals surface area contributed by atoms with Gasteiger partial charge in [-0.3, -0.25) is 0 Å². The van der Waals surface area contributed by atoms with E-state index in [2.05, 4.69) is 6.92 Å². The van der Waals surface area contributed by atoms with Crippen molar-refractivity contribution in [2.24, 2.45) is 5.73 Å². The highest BCUT2D eigenvalue weighted by molar-refractivity contribution is 7.99. The zero-order chi connectivity index (χ0) is 4.99. The molecule has 0 aliphatic heterocycles. The van der Waals surface area contributed by atoms with Crippen molar-refractivity contribution in [1.82, 2.24) is 0 Å². The van der Waals surface area contributed by atoms with Gasteiger partial charge in [0.15, 0.2) is 0 Å². The van der Waals surface area contributed by atoms with E-state index in [1.165, 1.54) is 0 Å². The van der Waals surface area contributed by atoms with Crippen molar-refractivity contribution in [3.63, 3.8) is 0 Å². The van der Waals surface area contributed by atoms with Gasteiger partial charge in [-0.25, -0.2) is 0 Å². The van der Waals surface area contributed by atoms with Crippen LogP contribution in [0.3, 0.4) is 0 Å². The molecule has 1 nitrogen and oxygen atoms in total. The normalized spacial score (nSPS) is 14.5. The summed E-state index contributed by atoms with van der Waals surface area (Å²) in [6.07, 6.45) is 3.09. The molecule has 0 unspecified atom stereocenters. The molecule has 0 aliphatic rings. The molecule has 6 heavy (non-hydrogen) atoms. The van der Waals surface area contributed by atoms with Gasteiger partial charge in [-0.2, -0.15) is 0 Å². The van der Waals surface area contributed by atoms with Crippen LogP contribution in [-0.4, -0.2) is 11.6 Å². The summed E-state index contributed by atoms with van der Waals surface area (Å²) in [6.45, 7) is 2.08. The summed E-state index contributed by atoms with van der Waals surface area (Å²) in [5, 5.41) is 0.352. The zero-order valence-electron chi connectivity index (χ0n) is 4.27. The molecule has 0 bridgehead atoms. The van der Waals surface area contributed by atoms with E-state index in [4.69, 9.17) is 5.73 Å². The Morgan fingerprint density at radius 1 is 1.83 bits per heavy atom. The highest BCUT2D eigenvalue weighted by atomic mass is 32.2. The summed E-state index contributed by atoms with van der Waals surface area (Å²) in [4.78, 5) is 0. The van der Waals surface area contributed by atoms with E-state index >= 15 is 0 Å². The van der Waals surface area contributed by atoms with Gasteiger partial charge in [0, 0.05) is 0 Å². The Bertz CT molecular complexity index is 26.7. The molecule has 0 radical (unpaired) electrons. The van der Waals surface area contributed by atoms with Gasteiger partial charge in [-0.15, -0.1) is 11.8 Å². The summed E-state index contributed by atoms with van der Waals surface area (Å²) in [5.74, 6) is 0.